The molecule has 0 amide bonds. The predicted octanol–water partition coefficient (Wildman–Crippen LogP) is 1.59. The molecule has 15 N–H and O–H groups in total. The molecule has 0 saturated heterocycles. The van der Waals surface area contributed by atoms with Gasteiger partial charge in [-0.1, -0.05) is 24.3 Å². The molecule has 6 aromatic rings. The third-order valence-corrected chi connectivity index (χ3v) is 15.9. The smallest absolute Gasteiger partial charge is 0.326 e. The van der Waals surface area contributed by atoms with E-state index in [4.69, 9.17) is 0 Å². The Morgan fingerprint density at radius 2 is 0.833 bits per heavy atom. The molecule has 2 heterocycles. The topological polar surface area (TPSA) is 582 Å². The lowest BCUT2D eigenvalue weighted by atomic mass is 10.1. The predicted molar refractivity (Wildman–Crippen MR) is 289 cm³/mol. The third kappa shape index (κ3) is 17.6. The van der Waals surface area contributed by atoms with Gasteiger partial charge >= 0.3 is 11.9 Å². The van der Waals surface area contributed by atoms with Crippen LogP contribution in [0.2, 0.25) is 0 Å². The van der Waals surface area contributed by atoms with Crippen LogP contribution in [-0.2, 0) is 70.3 Å². The molecule has 0 bridgehead atoms. The average molecular weight is 1290 g/mol. The van der Waals surface area contributed by atoms with Gasteiger partial charge in [0.1, 0.15) is 25.6 Å². The van der Waals surface area contributed by atoms with Crippen molar-refractivity contribution in [1.82, 2.24) is 29.9 Å². The molecule has 0 aliphatic carbocycles. The van der Waals surface area contributed by atoms with Crippen LogP contribution in [0.3, 0.4) is 0 Å². The van der Waals surface area contributed by atoms with E-state index < -0.39 is 173 Å². The zero-order valence-electron chi connectivity index (χ0n) is 42.2. The number of anilines is 10. The largest absolute Gasteiger partial charge is 0.481 e. The second kappa shape index (κ2) is 24.9. The number of rotatable bonds is 26. The van der Waals surface area contributed by atoms with E-state index in [0.29, 0.717) is 36.4 Å². The fourth-order valence-corrected chi connectivity index (χ4v) is 10.9. The van der Waals surface area contributed by atoms with Crippen molar-refractivity contribution in [1.29, 1.82) is 0 Å². The van der Waals surface area contributed by atoms with E-state index >= 15 is 0 Å². The number of aliphatic carboxylic acids is 2. The van der Waals surface area contributed by atoms with Crippen LogP contribution in [0, 0.1) is 0 Å². The Morgan fingerprint density at radius 3 is 1.18 bits per heavy atom. The van der Waals surface area contributed by atoms with E-state index in [1.54, 1.807) is 0 Å². The Hall–Kier alpha value is -8.24. The van der Waals surface area contributed by atoms with E-state index in [0.717, 1.165) is 48.6 Å². The second-order valence-electron chi connectivity index (χ2n) is 17.3. The van der Waals surface area contributed by atoms with E-state index in [2.05, 4.69) is 56.5 Å². The van der Waals surface area contributed by atoms with Crippen LogP contribution in [0.15, 0.2) is 102 Å². The molecular weight excluding hydrogens is 1250 g/mol. The van der Waals surface area contributed by atoms with Crippen molar-refractivity contribution in [2.45, 2.75) is 67.9 Å². The highest BCUT2D eigenvalue weighted by atomic mass is 32.2. The number of carboxylic acid groups (broad SMARTS) is 2. The summed E-state index contributed by atoms with van der Waals surface area (Å²) in [6, 6.07) is 7.44. The summed E-state index contributed by atoms with van der Waals surface area (Å²) in [5, 5.41) is 51.4. The van der Waals surface area contributed by atoms with Crippen molar-refractivity contribution in [3.05, 3.63) is 83.9 Å². The number of aliphatic hydroxyl groups excluding tert-OH is 2. The van der Waals surface area contributed by atoms with Gasteiger partial charge in [0.15, 0.2) is 0 Å². The lowest BCUT2D eigenvalue weighted by molar-refractivity contribution is -0.144. The normalized spacial score (nSPS) is 13.6. The van der Waals surface area contributed by atoms with Gasteiger partial charge < -0.3 is 51.9 Å². The summed E-state index contributed by atoms with van der Waals surface area (Å²) < 4.78 is 208. The van der Waals surface area contributed by atoms with Crippen LogP contribution >= 0.6 is 0 Å². The molecule has 2 unspecified atom stereocenters. The summed E-state index contributed by atoms with van der Waals surface area (Å²) in [5.74, 6) is -7.25. The van der Waals surface area contributed by atoms with Crippen LogP contribution in [-0.4, -0.2) is 171 Å². The zero-order chi connectivity index (χ0) is 62.7. The number of carbonyl (C=O) groups is 2. The Kier molecular flexibility index (Phi) is 19.3. The van der Waals surface area contributed by atoms with Gasteiger partial charge in [-0.2, -0.15) is 80.4 Å². The number of carboxylic acids is 2. The number of benzene rings is 4. The van der Waals surface area contributed by atoms with Crippen molar-refractivity contribution >= 4 is 143 Å². The van der Waals surface area contributed by atoms with Crippen molar-refractivity contribution in [3.63, 3.8) is 0 Å². The highest BCUT2D eigenvalue weighted by Gasteiger charge is 2.27. The zero-order valence-corrected chi connectivity index (χ0v) is 47.1. The lowest BCUT2D eigenvalue weighted by Gasteiger charge is -2.26. The number of aliphatic hydroxyl groups is 2. The first-order valence-corrected chi connectivity index (χ1v) is 31.3. The minimum atomic E-state index is -5.28. The van der Waals surface area contributed by atoms with Gasteiger partial charge in [0, 0.05) is 24.5 Å². The van der Waals surface area contributed by atoms with Gasteiger partial charge in [0.2, 0.25) is 35.7 Å². The van der Waals surface area contributed by atoms with Crippen molar-refractivity contribution in [2.24, 2.45) is 0 Å². The third-order valence-electron chi connectivity index (χ3n) is 10.6. The Bertz CT molecular complexity index is 4320. The van der Waals surface area contributed by atoms with Gasteiger partial charge in [-0.05, 0) is 85.6 Å². The number of hydrogen-bond acceptors (Lipinski definition) is 28. The maximum absolute atomic E-state index is 12.9. The Labute approximate surface area is 475 Å². The van der Waals surface area contributed by atoms with E-state index in [1.165, 1.54) is 18.7 Å². The quantitative estimate of drug-likeness (QED) is 0.0271. The molecule has 0 aliphatic heterocycles. The summed E-state index contributed by atoms with van der Waals surface area (Å²) in [4.78, 5) is 43.2. The molecule has 0 saturated carbocycles. The first-order chi connectivity index (χ1) is 38.6. The van der Waals surface area contributed by atoms with Crippen molar-refractivity contribution < 1.29 is 108 Å². The molecule has 84 heavy (non-hydrogen) atoms. The molecule has 36 nitrogen and oxygen atoms in total. The Balaban J connectivity index is 1.40. The number of aromatic nitrogens is 6. The van der Waals surface area contributed by atoms with Gasteiger partial charge in [-0.15, -0.1) is 0 Å². The van der Waals surface area contributed by atoms with Crippen LogP contribution in [0.25, 0.3) is 12.2 Å². The molecular formula is C42H44N12O24S6. The average Bonchev–Trinajstić information content (AvgIpc) is 2.63. The molecule has 0 fully saturated rings. The van der Waals surface area contributed by atoms with Crippen LogP contribution in [0.4, 0.5) is 58.4 Å². The van der Waals surface area contributed by atoms with Gasteiger partial charge in [0.25, 0.3) is 60.7 Å². The molecule has 3 atom stereocenters. The molecule has 4 aromatic carbocycles. The molecule has 6 rings (SSSR count). The lowest BCUT2D eigenvalue weighted by Crippen LogP contribution is -2.37. The van der Waals surface area contributed by atoms with Gasteiger partial charge in [-0.3, -0.25) is 32.1 Å². The van der Waals surface area contributed by atoms with E-state index in [1.807, 2.05) is 0 Å². The number of nitrogens with one attached hydrogen (secondary N) is 5. The summed E-state index contributed by atoms with van der Waals surface area (Å²) in [7, 11) is -30.9. The molecule has 452 valence electrons. The van der Waals surface area contributed by atoms with Crippen molar-refractivity contribution in [2.75, 3.05) is 44.6 Å². The van der Waals surface area contributed by atoms with Crippen molar-refractivity contribution in [3.8, 4) is 0 Å². The summed E-state index contributed by atoms with van der Waals surface area (Å²) >= 11 is 0. The summed E-state index contributed by atoms with van der Waals surface area (Å²) in [6.07, 6.45) is -1.42. The molecule has 2 aromatic heterocycles. The monoisotopic (exact) mass is 1290 g/mol. The van der Waals surface area contributed by atoms with Gasteiger partial charge in [0.05, 0.1) is 39.8 Å². The first-order valence-electron chi connectivity index (χ1n) is 22.7. The summed E-state index contributed by atoms with van der Waals surface area (Å²) in [5.41, 5.74) is -2.88. The Morgan fingerprint density at radius 1 is 0.476 bits per heavy atom. The first kappa shape index (κ1) is 64.9. The fourth-order valence-electron chi connectivity index (χ4n) is 7.19. The van der Waals surface area contributed by atoms with E-state index in [-0.39, 0.29) is 36.0 Å². The van der Waals surface area contributed by atoms with Gasteiger partial charge in [-0.25, -0.2) is 4.79 Å². The SMILES string of the molecule is CC(O)CN(CC(C)O)c1nc(Nc2ccc(C=Cc3ccc(Nc4nc(Nc5cc(S(=O)(=O)O)ccc5S(=O)(=O)O)nc(N[C@@H](CC(=O)O)C(=O)O)n4)cc3S(=O)(=O)O)c(S(=O)(=O)O)c2)nc(Nc2cc(S(=O)(=O)O)ccc2S(=O)(=O)O)n1. The number of nitrogens with zero attached hydrogens (tertiary/aromatic N) is 7. The van der Waals surface area contributed by atoms with Crippen LogP contribution in [0.1, 0.15) is 31.4 Å². The standard InChI is InChI=1S/C42H44N12O24S6/c1-20(55)18-54(19-21(2)56)42-52-38(50-41(53-42)46-29-16-27(80(64,65)66)10-12-32(29)82(70,71)72)44-25-8-6-23(34(14-25)84(76,77)78)4-3-22-5-7-24(13-33(22)83(73,74)75)43-37-48-39(51-40(49-37)47-30(36(59)60)17-35(57)58)45-28-15-26(79(61,62)63)9-11-31(28)81(67,68)69/h3-16,20-21,30,55-56H,17-19H2,1-2H3,(H,57,58)(H,59,60)(H,61,62,63)(H,64,65,66)(H,67,68,69)(H,70,71,72)(H,73,74,75)(H,76,77,78)(H2,44,46,50,52,53)(H3,43,45,47,48,49,51)/t20?,21?,30-/m0/s1. The maximum atomic E-state index is 12.9. The minimum Gasteiger partial charge on any atom is -0.481 e. The highest BCUT2D eigenvalue weighted by molar-refractivity contribution is 7.87. The van der Waals surface area contributed by atoms with E-state index in [9.17, 15) is 108 Å². The highest BCUT2D eigenvalue weighted by Crippen LogP contribution is 2.33. The second-order valence-corrected chi connectivity index (χ2v) is 25.7. The van der Waals surface area contributed by atoms with Crippen LogP contribution in [0.5, 0.6) is 0 Å². The minimum absolute atomic E-state index is 0.248. The number of hydrogen-bond donors (Lipinski definition) is 15. The molecule has 42 heteroatoms. The maximum Gasteiger partial charge on any atom is 0.326 e. The van der Waals surface area contributed by atoms with Crippen LogP contribution < -0.4 is 31.5 Å². The molecule has 0 aliphatic rings. The fraction of sp³-hybridized carbons (Fsp3) is 0.190. The molecule has 0 radical (unpaired) electrons. The summed E-state index contributed by atoms with van der Waals surface area (Å²) in [6.45, 7) is 2.17. The molecule has 0 spiro atoms.